The van der Waals surface area contributed by atoms with Crippen molar-refractivity contribution in [3.05, 3.63) is 77.1 Å². The number of carbonyl (C=O) groups excluding carboxylic acids is 2. The first-order valence-corrected chi connectivity index (χ1v) is 10.9. The number of aromatic nitrogens is 2. The Labute approximate surface area is 180 Å². The number of thioether (sulfide) groups is 1. The monoisotopic (exact) mass is 420 g/mol. The Morgan fingerprint density at radius 1 is 0.900 bits per heavy atom. The van der Waals surface area contributed by atoms with Gasteiger partial charge in [-0.2, -0.15) is 0 Å². The third-order valence-electron chi connectivity index (χ3n) is 4.84. The van der Waals surface area contributed by atoms with Crippen molar-refractivity contribution in [2.75, 3.05) is 12.9 Å². The van der Waals surface area contributed by atoms with Crippen LogP contribution >= 0.6 is 11.8 Å². The number of ketones is 1. The van der Waals surface area contributed by atoms with Crippen LogP contribution in [-0.2, 0) is 16.0 Å². The van der Waals surface area contributed by atoms with E-state index in [9.17, 15) is 9.59 Å². The lowest BCUT2D eigenvalue weighted by Gasteiger charge is -2.10. The van der Waals surface area contributed by atoms with E-state index in [1.54, 1.807) is 12.1 Å². The third kappa shape index (κ3) is 5.54. The van der Waals surface area contributed by atoms with Gasteiger partial charge < -0.3 is 4.74 Å². The topological polar surface area (TPSA) is 69.2 Å². The molecule has 0 unspecified atom stereocenters. The predicted octanol–water partition coefficient (Wildman–Crippen LogP) is 4.84. The SMILES string of the molecule is CSc1nc(C)c(CCC(=O)OCC(=O)c2ccc(-c3ccccc3)cc2)c(C)n1. The summed E-state index contributed by atoms with van der Waals surface area (Å²) >= 11 is 1.49. The summed E-state index contributed by atoms with van der Waals surface area (Å²) in [5.41, 5.74) is 5.33. The van der Waals surface area contributed by atoms with Gasteiger partial charge in [-0.15, -0.1) is 0 Å². The molecule has 0 aliphatic rings. The quantitative estimate of drug-likeness (QED) is 0.225. The maximum Gasteiger partial charge on any atom is 0.306 e. The van der Waals surface area contributed by atoms with Gasteiger partial charge in [0.1, 0.15) is 0 Å². The third-order valence-corrected chi connectivity index (χ3v) is 5.39. The maximum absolute atomic E-state index is 12.4. The second-order valence-corrected chi connectivity index (χ2v) is 7.66. The first-order chi connectivity index (χ1) is 14.5. The van der Waals surface area contributed by atoms with Crippen molar-refractivity contribution in [1.29, 1.82) is 0 Å². The molecule has 3 aromatic rings. The number of hydrogen-bond acceptors (Lipinski definition) is 6. The Balaban J connectivity index is 1.52. The fraction of sp³-hybridized carbons (Fsp3) is 0.250. The molecule has 0 atom stereocenters. The summed E-state index contributed by atoms with van der Waals surface area (Å²) < 4.78 is 5.19. The number of aryl methyl sites for hydroxylation is 2. The molecule has 0 radical (unpaired) electrons. The van der Waals surface area contributed by atoms with Crippen LogP contribution in [0.4, 0.5) is 0 Å². The summed E-state index contributed by atoms with van der Waals surface area (Å²) in [6.07, 6.45) is 2.60. The molecule has 0 N–H and O–H groups in total. The Morgan fingerprint density at radius 3 is 2.10 bits per heavy atom. The summed E-state index contributed by atoms with van der Waals surface area (Å²) in [5.74, 6) is -0.625. The molecule has 0 bridgehead atoms. The first-order valence-electron chi connectivity index (χ1n) is 9.70. The molecule has 0 aliphatic heterocycles. The van der Waals surface area contributed by atoms with Gasteiger partial charge in [-0.3, -0.25) is 9.59 Å². The number of benzene rings is 2. The predicted molar refractivity (Wildman–Crippen MR) is 119 cm³/mol. The van der Waals surface area contributed by atoms with Gasteiger partial charge in [-0.1, -0.05) is 66.4 Å². The van der Waals surface area contributed by atoms with Crippen LogP contribution in [-0.4, -0.2) is 34.6 Å². The van der Waals surface area contributed by atoms with Crippen molar-refractivity contribution >= 4 is 23.5 Å². The summed E-state index contributed by atoms with van der Waals surface area (Å²) in [6, 6.07) is 17.3. The minimum absolute atomic E-state index is 0.184. The van der Waals surface area contributed by atoms with Crippen LogP contribution in [0.1, 0.15) is 33.7 Å². The number of nitrogens with zero attached hydrogens (tertiary/aromatic N) is 2. The highest BCUT2D eigenvalue weighted by Gasteiger charge is 2.13. The van der Waals surface area contributed by atoms with Crippen LogP contribution in [0.3, 0.4) is 0 Å². The van der Waals surface area contributed by atoms with Crippen LogP contribution < -0.4 is 0 Å². The average molecular weight is 421 g/mol. The molecule has 0 saturated carbocycles. The van der Waals surface area contributed by atoms with Gasteiger partial charge in [-0.05, 0) is 43.2 Å². The zero-order valence-electron chi connectivity index (χ0n) is 17.3. The van der Waals surface area contributed by atoms with Crippen molar-refractivity contribution in [1.82, 2.24) is 9.97 Å². The number of carbonyl (C=O) groups is 2. The molecule has 30 heavy (non-hydrogen) atoms. The molecule has 6 heteroatoms. The van der Waals surface area contributed by atoms with Crippen LogP contribution in [0.5, 0.6) is 0 Å². The lowest BCUT2D eigenvalue weighted by molar-refractivity contribution is -0.142. The minimum atomic E-state index is -0.406. The fourth-order valence-corrected chi connectivity index (χ4v) is 3.63. The van der Waals surface area contributed by atoms with Crippen molar-refractivity contribution in [3.8, 4) is 11.1 Å². The Hall–Kier alpha value is -2.99. The summed E-state index contributed by atoms with van der Waals surface area (Å²) in [4.78, 5) is 33.3. The molecular weight excluding hydrogens is 396 g/mol. The highest BCUT2D eigenvalue weighted by Crippen LogP contribution is 2.20. The standard InChI is InChI=1S/C24H24N2O3S/c1-16-21(17(2)26-24(25-16)30-3)13-14-23(28)29-15-22(27)20-11-9-19(10-12-20)18-7-5-4-6-8-18/h4-12H,13-15H2,1-3H3. The molecule has 2 aromatic carbocycles. The van der Waals surface area contributed by atoms with Crippen LogP contribution in [0.2, 0.25) is 0 Å². The van der Waals surface area contributed by atoms with Gasteiger partial charge >= 0.3 is 5.97 Å². The summed E-state index contributed by atoms with van der Waals surface area (Å²) in [5, 5.41) is 0.722. The lowest BCUT2D eigenvalue weighted by atomic mass is 10.0. The van der Waals surface area contributed by atoms with Crippen molar-refractivity contribution in [2.45, 2.75) is 31.8 Å². The molecule has 3 rings (SSSR count). The number of Topliss-reactive ketones (excluding diaryl/α,β-unsaturated/α-hetero) is 1. The normalized spacial score (nSPS) is 10.6. The lowest BCUT2D eigenvalue weighted by Crippen LogP contribution is -2.15. The molecule has 0 saturated heterocycles. The Bertz CT molecular complexity index is 1010. The highest BCUT2D eigenvalue weighted by atomic mass is 32.2. The highest BCUT2D eigenvalue weighted by molar-refractivity contribution is 7.98. The largest absolute Gasteiger partial charge is 0.457 e. The van der Waals surface area contributed by atoms with E-state index >= 15 is 0 Å². The van der Waals surface area contributed by atoms with Gasteiger partial charge in [0, 0.05) is 23.4 Å². The molecule has 154 valence electrons. The van der Waals surface area contributed by atoms with Crippen molar-refractivity contribution in [3.63, 3.8) is 0 Å². The molecular formula is C24H24N2O3S. The van der Waals surface area contributed by atoms with Gasteiger partial charge in [0.25, 0.3) is 0 Å². The van der Waals surface area contributed by atoms with E-state index in [2.05, 4.69) is 9.97 Å². The smallest absolute Gasteiger partial charge is 0.306 e. The molecule has 0 amide bonds. The molecule has 1 aromatic heterocycles. The van der Waals surface area contributed by atoms with E-state index in [0.29, 0.717) is 12.0 Å². The van der Waals surface area contributed by atoms with Gasteiger partial charge in [-0.25, -0.2) is 9.97 Å². The van der Waals surface area contributed by atoms with E-state index in [-0.39, 0.29) is 18.8 Å². The number of ether oxygens (including phenoxy) is 1. The number of esters is 1. The van der Waals surface area contributed by atoms with Crippen molar-refractivity contribution < 1.29 is 14.3 Å². The molecule has 0 fully saturated rings. The molecule has 5 nitrogen and oxygen atoms in total. The first kappa shape index (κ1) is 21.7. The summed E-state index contributed by atoms with van der Waals surface area (Å²) in [6.45, 7) is 3.57. The zero-order valence-corrected chi connectivity index (χ0v) is 18.2. The average Bonchev–Trinajstić information content (AvgIpc) is 2.77. The van der Waals surface area contributed by atoms with E-state index in [0.717, 1.165) is 33.2 Å². The van der Waals surface area contributed by atoms with Gasteiger partial charge in [0.2, 0.25) is 0 Å². The van der Waals surface area contributed by atoms with Gasteiger partial charge in [0.15, 0.2) is 17.5 Å². The van der Waals surface area contributed by atoms with E-state index in [4.69, 9.17) is 4.74 Å². The second-order valence-electron chi connectivity index (χ2n) is 6.89. The van der Waals surface area contributed by atoms with Crippen molar-refractivity contribution in [2.24, 2.45) is 0 Å². The second kappa shape index (κ2) is 10.2. The maximum atomic E-state index is 12.4. The molecule has 0 aliphatic carbocycles. The number of rotatable bonds is 8. The molecule has 0 spiro atoms. The van der Waals surface area contributed by atoms with Crippen LogP contribution in [0.25, 0.3) is 11.1 Å². The van der Waals surface area contributed by atoms with E-state index in [1.165, 1.54) is 11.8 Å². The van der Waals surface area contributed by atoms with E-state index < -0.39 is 5.97 Å². The van der Waals surface area contributed by atoms with Gasteiger partial charge in [0.05, 0.1) is 0 Å². The fourth-order valence-electron chi connectivity index (χ4n) is 3.17. The molecule has 1 heterocycles. The minimum Gasteiger partial charge on any atom is -0.457 e. The van der Waals surface area contributed by atoms with E-state index in [1.807, 2.05) is 62.6 Å². The van der Waals surface area contributed by atoms with Crippen LogP contribution in [0, 0.1) is 13.8 Å². The Morgan fingerprint density at radius 2 is 1.50 bits per heavy atom. The number of hydrogen-bond donors (Lipinski definition) is 0. The zero-order chi connectivity index (χ0) is 21.5. The summed E-state index contributed by atoms with van der Waals surface area (Å²) in [7, 11) is 0. The Kier molecular flexibility index (Phi) is 7.36. The van der Waals surface area contributed by atoms with Crippen LogP contribution in [0.15, 0.2) is 59.8 Å².